The van der Waals surface area contributed by atoms with Gasteiger partial charge in [-0.1, -0.05) is 6.92 Å². The molecule has 1 amide bonds. The normalized spacial score (nSPS) is 23.9. The third-order valence-corrected chi connectivity index (χ3v) is 2.83. The number of morpholine rings is 1. The molecule has 2 N–H and O–H groups in total. The van der Waals surface area contributed by atoms with Gasteiger partial charge < -0.3 is 15.4 Å². The molecule has 0 aliphatic carbocycles. The van der Waals surface area contributed by atoms with Crippen molar-refractivity contribution in [2.24, 2.45) is 5.73 Å². The van der Waals surface area contributed by atoms with Crippen molar-refractivity contribution in [2.45, 2.75) is 45.2 Å². The van der Waals surface area contributed by atoms with Crippen LogP contribution in [-0.4, -0.2) is 42.6 Å². The van der Waals surface area contributed by atoms with Crippen LogP contribution in [0.2, 0.25) is 0 Å². The van der Waals surface area contributed by atoms with E-state index in [9.17, 15) is 4.79 Å². The molecule has 4 nitrogen and oxygen atoms in total. The van der Waals surface area contributed by atoms with E-state index in [-0.39, 0.29) is 18.0 Å². The first-order chi connectivity index (χ1) is 7.15. The minimum Gasteiger partial charge on any atom is -0.377 e. The quantitative estimate of drug-likeness (QED) is 0.751. The molecule has 2 unspecified atom stereocenters. The van der Waals surface area contributed by atoms with Crippen LogP contribution in [0.4, 0.5) is 0 Å². The summed E-state index contributed by atoms with van der Waals surface area (Å²) in [5.74, 6) is 0.224. The predicted octanol–water partition coefficient (Wildman–Crippen LogP) is 0.751. The molecular weight excluding hydrogens is 192 g/mol. The van der Waals surface area contributed by atoms with Crippen molar-refractivity contribution in [1.29, 1.82) is 0 Å². The Kier molecular flexibility index (Phi) is 5.05. The van der Waals surface area contributed by atoms with Gasteiger partial charge in [0.25, 0.3) is 0 Å². The number of carbonyl (C=O) groups is 1. The highest BCUT2D eigenvalue weighted by Crippen LogP contribution is 2.12. The Bertz CT molecular complexity index is 207. The first-order valence-electron chi connectivity index (χ1n) is 5.78. The molecule has 0 aromatic rings. The Morgan fingerprint density at radius 3 is 3.00 bits per heavy atom. The second-order valence-electron chi connectivity index (χ2n) is 4.24. The number of amides is 1. The van der Waals surface area contributed by atoms with E-state index >= 15 is 0 Å². The van der Waals surface area contributed by atoms with Gasteiger partial charge in [0, 0.05) is 19.0 Å². The predicted molar refractivity (Wildman–Crippen MR) is 59.5 cm³/mol. The summed E-state index contributed by atoms with van der Waals surface area (Å²) in [5.41, 5.74) is 5.64. The Labute approximate surface area is 91.8 Å². The number of hydrogen-bond acceptors (Lipinski definition) is 3. The molecule has 88 valence electrons. The summed E-state index contributed by atoms with van der Waals surface area (Å²) >= 11 is 0. The van der Waals surface area contributed by atoms with Crippen molar-refractivity contribution in [2.75, 3.05) is 19.8 Å². The van der Waals surface area contributed by atoms with Gasteiger partial charge in [-0.15, -0.1) is 0 Å². The number of hydrogen-bond donors (Lipinski definition) is 1. The first-order valence-corrected chi connectivity index (χ1v) is 5.78. The second kappa shape index (κ2) is 6.08. The Balaban J connectivity index is 2.41. The van der Waals surface area contributed by atoms with Crippen molar-refractivity contribution in [3.63, 3.8) is 0 Å². The smallest absolute Gasteiger partial charge is 0.223 e. The van der Waals surface area contributed by atoms with E-state index in [1.165, 1.54) is 0 Å². The summed E-state index contributed by atoms with van der Waals surface area (Å²) in [4.78, 5) is 13.8. The van der Waals surface area contributed by atoms with Crippen molar-refractivity contribution in [3.05, 3.63) is 0 Å². The van der Waals surface area contributed by atoms with Crippen LogP contribution in [-0.2, 0) is 9.53 Å². The lowest BCUT2D eigenvalue weighted by Gasteiger charge is -2.35. The standard InChI is InChI=1S/C11H22N2O2/c1-3-10-8-15-7-6-13(10)11(14)5-4-9(2)12/h9-10H,3-8,12H2,1-2H3. The highest BCUT2D eigenvalue weighted by Gasteiger charge is 2.25. The Morgan fingerprint density at radius 1 is 1.67 bits per heavy atom. The van der Waals surface area contributed by atoms with Crippen LogP contribution in [0.25, 0.3) is 0 Å². The maximum Gasteiger partial charge on any atom is 0.223 e. The molecule has 1 aliphatic rings. The van der Waals surface area contributed by atoms with Gasteiger partial charge in [-0.3, -0.25) is 4.79 Å². The SMILES string of the molecule is CCC1COCCN1C(=O)CCC(C)N. The molecule has 2 atom stereocenters. The fourth-order valence-corrected chi connectivity index (χ4v) is 1.82. The maximum atomic E-state index is 11.9. The fourth-order valence-electron chi connectivity index (χ4n) is 1.82. The highest BCUT2D eigenvalue weighted by molar-refractivity contribution is 5.76. The van der Waals surface area contributed by atoms with Crippen LogP contribution in [0, 0.1) is 0 Å². The van der Waals surface area contributed by atoms with Gasteiger partial charge in [0.05, 0.1) is 19.3 Å². The zero-order valence-corrected chi connectivity index (χ0v) is 9.74. The van der Waals surface area contributed by atoms with E-state index in [4.69, 9.17) is 10.5 Å². The Morgan fingerprint density at radius 2 is 2.40 bits per heavy atom. The van der Waals surface area contributed by atoms with E-state index in [1.807, 2.05) is 11.8 Å². The average Bonchev–Trinajstić information content (AvgIpc) is 2.25. The molecule has 1 rings (SSSR count). The van der Waals surface area contributed by atoms with Gasteiger partial charge >= 0.3 is 0 Å². The van der Waals surface area contributed by atoms with E-state index in [2.05, 4.69) is 6.92 Å². The topological polar surface area (TPSA) is 55.6 Å². The lowest BCUT2D eigenvalue weighted by Crippen LogP contribution is -2.48. The van der Waals surface area contributed by atoms with E-state index in [1.54, 1.807) is 0 Å². The number of carbonyl (C=O) groups excluding carboxylic acids is 1. The summed E-state index contributed by atoms with van der Waals surface area (Å²) in [6.45, 7) is 6.10. The summed E-state index contributed by atoms with van der Waals surface area (Å²) in [6.07, 6.45) is 2.30. The molecule has 0 radical (unpaired) electrons. The minimum absolute atomic E-state index is 0.107. The van der Waals surface area contributed by atoms with Crippen LogP contribution in [0.1, 0.15) is 33.1 Å². The van der Waals surface area contributed by atoms with Gasteiger partial charge in [0.15, 0.2) is 0 Å². The van der Waals surface area contributed by atoms with Gasteiger partial charge in [-0.05, 0) is 19.8 Å². The Hall–Kier alpha value is -0.610. The second-order valence-corrected chi connectivity index (χ2v) is 4.24. The molecule has 0 aromatic carbocycles. The van der Waals surface area contributed by atoms with Crippen molar-refractivity contribution in [1.82, 2.24) is 4.90 Å². The lowest BCUT2D eigenvalue weighted by molar-refractivity contribution is -0.140. The van der Waals surface area contributed by atoms with Gasteiger partial charge in [0.1, 0.15) is 0 Å². The van der Waals surface area contributed by atoms with Gasteiger partial charge in [0.2, 0.25) is 5.91 Å². The van der Waals surface area contributed by atoms with Crippen LogP contribution in [0.3, 0.4) is 0 Å². The molecule has 15 heavy (non-hydrogen) atoms. The molecular formula is C11H22N2O2. The summed E-state index contributed by atoms with van der Waals surface area (Å²) in [6, 6.07) is 0.370. The number of nitrogens with zero attached hydrogens (tertiary/aromatic N) is 1. The number of nitrogens with two attached hydrogens (primary N) is 1. The maximum absolute atomic E-state index is 11.9. The lowest BCUT2D eigenvalue weighted by atomic mass is 10.1. The molecule has 0 spiro atoms. The van der Waals surface area contributed by atoms with Crippen molar-refractivity contribution >= 4 is 5.91 Å². The van der Waals surface area contributed by atoms with E-state index < -0.39 is 0 Å². The van der Waals surface area contributed by atoms with Crippen LogP contribution >= 0.6 is 0 Å². The van der Waals surface area contributed by atoms with Crippen molar-refractivity contribution in [3.8, 4) is 0 Å². The van der Waals surface area contributed by atoms with Gasteiger partial charge in [-0.2, -0.15) is 0 Å². The van der Waals surface area contributed by atoms with Crippen LogP contribution in [0.15, 0.2) is 0 Å². The van der Waals surface area contributed by atoms with Crippen molar-refractivity contribution < 1.29 is 9.53 Å². The van der Waals surface area contributed by atoms with E-state index in [0.717, 1.165) is 19.4 Å². The molecule has 1 heterocycles. The minimum atomic E-state index is 0.107. The molecule has 0 aromatic heterocycles. The summed E-state index contributed by atoms with van der Waals surface area (Å²) < 4.78 is 5.36. The van der Waals surface area contributed by atoms with Crippen LogP contribution in [0.5, 0.6) is 0 Å². The zero-order chi connectivity index (χ0) is 11.3. The summed E-state index contributed by atoms with van der Waals surface area (Å²) in [7, 11) is 0. The largest absolute Gasteiger partial charge is 0.377 e. The fraction of sp³-hybridized carbons (Fsp3) is 0.909. The number of rotatable bonds is 4. The molecule has 0 bridgehead atoms. The zero-order valence-electron chi connectivity index (χ0n) is 9.74. The molecule has 4 heteroatoms. The van der Waals surface area contributed by atoms with Crippen LogP contribution < -0.4 is 5.73 Å². The summed E-state index contributed by atoms with van der Waals surface area (Å²) in [5, 5.41) is 0. The average molecular weight is 214 g/mol. The first kappa shape index (κ1) is 12.5. The molecule has 1 saturated heterocycles. The van der Waals surface area contributed by atoms with Gasteiger partial charge in [-0.25, -0.2) is 0 Å². The molecule has 1 fully saturated rings. The number of ether oxygens (including phenoxy) is 1. The third kappa shape index (κ3) is 3.80. The monoisotopic (exact) mass is 214 g/mol. The third-order valence-electron chi connectivity index (χ3n) is 2.83. The molecule has 0 saturated carbocycles. The molecule has 1 aliphatic heterocycles. The van der Waals surface area contributed by atoms with E-state index in [0.29, 0.717) is 19.6 Å². The highest BCUT2D eigenvalue weighted by atomic mass is 16.5.